The van der Waals surface area contributed by atoms with Crippen molar-refractivity contribution in [2.24, 2.45) is 0 Å². The molecule has 0 saturated carbocycles. The number of thiazole rings is 1. The number of nitrogens with zero attached hydrogens (tertiary/aromatic N) is 3. The van der Waals surface area contributed by atoms with Crippen molar-refractivity contribution >= 4 is 11.3 Å². The monoisotopic (exact) mass is 353 g/mol. The van der Waals surface area contributed by atoms with Gasteiger partial charge in [0.15, 0.2) is 0 Å². The van der Waals surface area contributed by atoms with Crippen LogP contribution in [0.15, 0.2) is 72.1 Å². The lowest BCUT2D eigenvalue weighted by atomic mass is 10.1. The van der Waals surface area contributed by atoms with Crippen LogP contribution in [0.3, 0.4) is 0 Å². The van der Waals surface area contributed by atoms with E-state index >= 15 is 0 Å². The van der Waals surface area contributed by atoms with E-state index in [4.69, 9.17) is 0 Å². The molecule has 124 valence electrons. The Morgan fingerprint density at radius 3 is 2.16 bits per heavy atom. The highest BCUT2D eigenvalue weighted by Gasteiger charge is 2.19. The van der Waals surface area contributed by atoms with Crippen molar-refractivity contribution in [3.05, 3.63) is 77.8 Å². The molecule has 0 amide bonds. The summed E-state index contributed by atoms with van der Waals surface area (Å²) in [5.74, 6) is 0. The maximum absolute atomic E-state index is 13.2. The van der Waals surface area contributed by atoms with Gasteiger partial charge in [-0.15, -0.1) is 11.3 Å². The van der Waals surface area contributed by atoms with Gasteiger partial charge >= 0.3 is 0 Å². The smallest absolute Gasteiger partial charge is 0.218 e. The van der Waals surface area contributed by atoms with Crippen LogP contribution in [0.1, 0.15) is 12.1 Å². The highest BCUT2D eigenvalue weighted by atomic mass is 32.1. The molecule has 0 bridgehead atoms. The highest BCUT2D eigenvalue weighted by Crippen LogP contribution is 2.31. The normalized spacial score (nSPS) is 11.2. The Hall–Kier alpha value is -2.86. The largest absolute Gasteiger partial charge is 0.282 e. The summed E-state index contributed by atoms with van der Waals surface area (Å²) in [5, 5.41) is 6.54. The van der Waals surface area contributed by atoms with Crippen LogP contribution in [0, 0.1) is 0 Å². The number of halogens is 2. The van der Waals surface area contributed by atoms with Gasteiger partial charge in [0.05, 0.1) is 11.4 Å². The van der Waals surface area contributed by atoms with E-state index in [0.29, 0.717) is 10.8 Å². The summed E-state index contributed by atoms with van der Waals surface area (Å²) < 4.78 is 27.8. The number of benzene rings is 2. The molecule has 0 atom stereocenters. The Labute approximate surface area is 147 Å². The molecule has 0 aliphatic heterocycles. The van der Waals surface area contributed by atoms with Crippen molar-refractivity contribution in [1.82, 2.24) is 14.8 Å². The van der Waals surface area contributed by atoms with Gasteiger partial charge in [-0.25, -0.2) is 18.4 Å². The minimum Gasteiger partial charge on any atom is -0.218 e. The topological polar surface area (TPSA) is 30.7 Å². The van der Waals surface area contributed by atoms with E-state index in [1.807, 2.05) is 66.0 Å². The third-order valence-corrected chi connectivity index (χ3v) is 4.58. The van der Waals surface area contributed by atoms with Crippen LogP contribution < -0.4 is 0 Å². The Morgan fingerprint density at radius 1 is 0.880 bits per heavy atom. The first-order valence-corrected chi connectivity index (χ1v) is 8.55. The van der Waals surface area contributed by atoms with Crippen LogP contribution in [0.25, 0.3) is 27.6 Å². The fraction of sp³-hybridized carbons (Fsp3) is 0.0526. The fourth-order valence-corrected chi connectivity index (χ4v) is 3.37. The Bertz CT molecular complexity index is 978. The van der Waals surface area contributed by atoms with Crippen LogP contribution in [-0.4, -0.2) is 14.8 Å². The molecule has 0 spiro atoms. The van der Waals surface area contributed by atoms with E-state index in [1.165, 1.54) is 22.1 Å². The lowest BCUT2D eigenvalue weighted by Gasteiger charge is -2.03. The maximum atomic E-state index is 13.2. The molecule has 0 saturated heterocycles. The molecule has 0 aliphatic rings. The van der Waals surface area contributed by atoms with Crippen molar-refractivity contribution in [2.75, 3.05) is 0 Å². The first-order chi connectivity index (χ1) is 12.2. The Balaban J connectivity index is 1.81. The minimum absolute atomic E-state index is 0.254. The van der Waals surface area contributed by atoms with Crippen molar-refractivity contribution in [3.8, 4) is 27.6 Å². The average Bonchev–Trinajstić information content (AvgIpc) is 3.30. The maximum Gasteiger partial charge on any atom is 0.282 e. The number of aromatic nitrogens is 3. The standard InChI is InChI=1S/C19H13F2N3S/c20-18(21)15-11-17(14-9-5-2-6-10-14)24(23-15)19-22-16(12-25-19)13-7-3-1-4-8-13/h1-12,18H. The van der Waals surface area contributed by atoms with Gasteiger partial charge in [0.1, 0.15) is 5.69 Å². The van der Waals surface area contributed by atoms with E-state index in [0.717, 1.165) is 16.8 Å². The zero-order valence-corrected chi connectivity index (χ0v) is 13.8. The summed E-state index contributed by atoms with van der Waals surface area (Å²) in [5.41, 5.74) is 2.94. The van der Waals surface area contributed by atoms with Gasteiger partial charge < -0.3 is 0 Å². The number of rotatable bonds is 4. The van der Waals surface area contributed by atoms with Gasteiger partial charge in [-0.2, -0.15) is 5.10 Å². The summed E-state index contributed by atoms with van der Waals surface area (Å²) >= 11 is 1.38. The molecule has 4 rings (SSSR count). The van der Waals surface area contributed by atoms with Crippen LogP contribution in [-0.2, 0) is 0 Å². The molecule has 0 unspecified atom stereocenters. The second-order valence-corrected chi connectivity index (χ2v) is 6.25. The highest BCUT2D eigenvalue weighted by molar-refractivity contribution is 7.12. The van der Waals surface area contributed by atoms with Gasteiger partial charge in [0, 0.05) is 16.5 Å². The molecule has 2 aromatic heterocycles. The predicted molar refractivity (Wildman–Crippen MR) is 95.1 cm³/mol. The zero-order valence-electron chi connectivity index (χ0n) is 13.0. The zero-order chi connectivity index (χ0) is 17.2. The molecule has 2 aromatic carbocycles. The summed E-state index contributed by atoms with van der Waals surface area (Å²) in [7, 11) is 0. The molecule has 4 aromatic rings. The molecule has 0 radical (unpaired) electrons. The van der Waals surface area contributed by atoms with Crippen molar-refractivity contribution < 1.29 is 8.78 Å². The molecule has 0 N–H and O–H groups in total. The van der Waals surface area contributed by atoms with E-state index in [9.17, 15) is 8.78 Å². The quantitative estimate of drug-likeness (QED) is 0.478. The fourth-order valence-electron chi connectivity index (χ4n) is 2.57. The van der Waals surface area contributed by atoms with Crippen LogP contribution >= 0.6 is 11.3 Å². The third-order valence-electron chi connectivity index (χ3n) is 3.76. The van der Waals surface area contributed by atoms with Crippen molar-refractivity contribution in [1.29, 1.82) is 0 Å². The molecule has 2 heterocycles. The Morgan fingerprint density at radius 2 is 1.52 bits per heavy atom. The molecule has 25 heavy (non-hydrogen) atoms. The summed E-state index contributed by atoms with van der Waals surface area (Å²) in [6.45, 7) is 0. The first kappa shape index (κ1) is 15.7. The SMILES string of the molecule is FC(F)c1cc(-c2ccccc2)n(-c2nc(-c3ccccc3)cs2)n1. The Kier molecular flexibility index (Phi) is 4.11. The van der Waals surface area contributed by atoms with E-state index in [1.54, 1.807) is 0 Å². The van der Waals surface area contributed by atoms with Gasteiger partial charge in [-0.3, -0.25) is 0 Å². The molecule has 0 fully saturated rings. The van der Waals surface area contributed by atoms with E-state index in [2.05, 4.69) is 10.1 Å². The molecular weight excluding hydrogens is 340 g/mol. The molecule has 6 heteroatoms. The third kappa shape index (κ3) is 3.08. The van der Waals surface area contributed by atoms with Gasteiger partial charge in [0.2, 0.25) is 5.13 Å². The number of hydrogen-bond donors (Lipinski definition) is 0. The average molecular weight is 353 g/mol. The van der Waals surface area contributed by atoms with E-state index < -0.39 is 6.43 Å². The summed E-state index contributed by atoms with van der Waals surface area (Å²) in [6, 6.07) is 20.5. The van der Waals surface area contributed by atoms with Gasteiger partial charge in [-0.05, 0) is 6.07 Å². The predicted octanol–water partition coefficient (Wildman–Crippen LogP) is 5.60. The lowest BCUT2D eigenvalue weighted by molar-refractivity contribution is 0.145. The lowest BCUT2D eigenvalue weighted by Crippen LogP contribution is -1.99. The van der Waals surface area contributed by atoms with E-state index in [-0.39, 0.29) is 5.69 Å². The molecule has 0 aliphatic carbocycles. The molecular formula is C19H13F2N3S. The van der Waals surface area contributed by atoms with Crippen LogP contribution in [0.2, 0.25) is 0 Å². The summed E-state index contributed by atoms with van der Waals surface area (Å²) in [4.78, 5) is 4.58. The number of alkyl halides is 2. The minimum atomic E-state index is -2.63. The second-order valence-electron chi connectivity index (χ2n) is 5.41. The van der Waals surface area contributed by atoms with Crippen molar-refractivity contribution in [2.45, 2.75) is 6.43 Å². The van der Waals surface area contributed by atoms with Gasteiger partial charge in [0.25, 0.3) is 6.43 Å². The molecule has 3 nitrogen and oxygen atoms in total. The number of hydrogen-bond acceptors (Lipinski definition) is 3. The first-order valence-electron chi connectivity index (χ1n) is 7.67. The van der Waals surface area contributed by atoms with Gasteiger partial charge in [-0.1, -0.05) is 60.7 Å². The second kappa shape index (κ2) is 6.57. The van der Waals surface area contributed by atoms with Crippen LogP contribution in [0.4, 0.5) is 8.78 Å². The van der Waals surface area contributed by atoms with Crippen molar-refractivity contribution in [3.63, 3.8) is 0 Å². The van der Waals surface area contributed by atoms with Crippen LogP contribution in [0.5, 0.6) is 0 Å². The summed E-state index contributed by atoms with van der Waals surface area (Å²) in [6.07, 6.45) is -2.63.